The molecule has 0 saturated carbocycles. The molecule has 20 aromatic carbocycles. The van der Waals surface area contributed by atoms with Crippen LogP contribution in [0.4, 0.5) is 34.1 Å². The van der Waals surface area contributed by atoms with Gasteiger partial charge in [-0.25, -0.2) is 0 Å². The van der Waals surface area contributed by atoms with E-state index in [0.717, 1.165) is 78.9 Å². The van der Waals surface area contributed by atoms with Gasteiger partial charge in [0.15, 0.2) is 0 Å². The molecule has 0 unspecified atom stereocenters. The van der Waals surface area contributed by atoms with Crippen molar-refractivity contribution >= 4 is 165 Å². The second kappa shape index (κ2) is 27.4. The third kappa shape index (κ3) is 11.9. The summed E-state index contributed by atoms with van der Waals surface area (Å²) < 4.78 is 5.25. The molecule has 0 radical (unpaired) electrons. The molecule has 0 spiro atoms. The number of rotatable bonds is 9. The molecule has 2 aliphatic heterocycles. The van der Waals surface area contributed by atoms with Gasteiger partial charge in [-0.15, -0.1) is 0 Å². The van der Waals surface area contributed by atoms with Gasteiger partial charge in [-0.2, -0.15) is 0 Å². The van der Waals surface area contributed by atoms with Crippen LogP contribution in [0.3, 0.4) is 0 Å². The van der Waals surface area contributed by atoms with Gasteiger partial charge < -0.3 is 18.9 Å². The Kier molecular flexibility index (Phi) is 16.7. The number of anilines is 6. The van der Waals surface area contributed by atoms with E-state index in [9.17, 15) is 0 Å². The van der Waals surface area contributed by atoms with Crippen molar-refractivity contribution in [2.45, 2.75) is 157 Å². The molecule has 22 aromatic rings. The van der Waals surface area contributed by atoms with E-state index in [1.54, 1.807) is 0 Å². The van der Waals surface area contributed by atoms with Crippen molar-refractivity contribution in [2.24, 2.45) is 0 Å². The molecular weight excluding hydrogens is 1560 g/mol. The molecule has 24 rings (SSSR count). The zero-order valence-corrected chi connectivity index (χ0v) is 77.5. The summed E-state index contributed by atoms with van der Waals surface area (Å²) in [6.45, 7) is 42.1. The van der Waals surface area contributed by atoms with E-state index in [1.165, 1.54) is 180 Å². The Morgan fingerprint density at radius 3 is 0.752 bits per heavy atom. The third-order valence-corrected chi connectivity index (χ3v) is 29.4. The fourth-order valence-corrected chi connectivity index (χ4v) is 22.6. The highest BCUT2D eigenvalue weighted by Crippen LogP contribution is 2.58. The van der Waals surface area contributed by atoms with E-state index in [1.807, 2.05) is 0 Å². The summed E-state index contributed by atoms with van der Waals surface area (Å²) in [5.41, 5.74) is 35.8. The Morgan fingerprint density at radius 2 is 0.481 bits per heavy atom. The Balaban J connectivity index is 0.890. The predicted molar refractivity (Wildman–Crippen MR) is 558 cm³/mol. The summed E-state index contributed by atoms with van der Waals surface area (Å²) in [7, 11) is 0. The van der Waals surface area contributed by atoms with Gasteiger partial charge in [0.05, 0.1) is 33.4 Å². The van der Waals surface area contributed by atoms with Crippen LogP contribution in [0.1, 0.15) is 158 Å². The molecule has 2 aliphatic rings. The largest absolute Gasteiger partial charge is 0.310 e. The Bertz CT molecular complexity index is 7530. The standard InChI is InChI=1S/C124H107BN4/c1-119(2,3)82-48-36-73(37-49-82)94-66-86(123(13,14)15)67-95(74-38-50-83(51-39-74)120(4,5)6)117(94)128-104-70-88(126-100-60-44-77-28-22-32-90-91-33-23-29-78-45-61-101(126)113(109(78)91)112(100)108(77)90)56-58-98(104)125-99-59-57-89(127-102-62-46-79-30-24-34-92-93-35-25-31-80-47-63-103(127)115(111(80)93)114(102)110(79)92)71-105(99)129(107-65-81(64-106(128)116(107)125)72-26-20-19-21-27-72)118-96(75-40-52-84(53-41-75)121(7,8)9)68-87(124(16,17)18)69-97(118)76-42-54-85(55-43-76)122(10,11)12/h19-71H,1-18H3. The van der Waals surface area contributed by atoms with Crippen LogP contribution in [-0.2, 0) is 32.5 Å². The van der Waals surface area contributed by atoms with E-state index < -0.39 is 0 Å². The highest BCUT2D eigenvalue weighted by molar-refractivity contribution is 7.00. The van der Waals surface area contributed by atoms with Crippen LogP contribution in [0.15, 0.2) is 322 Å². The molecule has 0 fully saturated rings. The first kappa shape index (κ1) is 78.7. The van der Waals surface area contributed by atoms with Crippen LogP contribution in [0, 0.1) is 0 Å². The SMILES string of the molecule is CC(C)(C)c1ccc(-c2cc(C(C)(C)C)cc(-c3ccc(C(C)(C)C)cc3)c2N2c3cc(-n4c5ccc6cccc7c8cccc9ccc4c(c98)c5c67)ccc3B3c4ccc(-n5c6ccc7cccc8c9cccc%10ccc5c(c%109)c6c78)cc4N(c4c(-c5ccc(C(C)(C)C)cc5)cc(C(C)(C)C)cc4-c4ccc(C(C)(C)C)cc4)c4cc(-c5ccccc5)cc2c43)cc1. The van der Waals surface area contributed by atoms with Crippen LogP contribution < -0.4 is 26.2 Å². The molecule has 129 heavy (non-hydrogen) atoms. The minimum absolute atomic E-state index is 0.0901. The zero-order valence-electron chi connectivity index (χ0n) is 77.5. The Morgan fingerprint density at radius 1 is 0.202 bits per heavy atom. The second-order valence-electron chi connectivity index (χ2n) is 43.7. The van der Waals surface area contributed by atoms with Crippen molar-refractivity contribution in [3.8, 4) is 67.0 Å². The molecule has 0 saturated heterocycles. The van der Waals surface area contributed by atoms with Crippen LogP contribution in [0.5, 0.6) is 0 Å². The minimum Gasteiger partial charge on any atom is -0.310 e. The highest BCUT2D eigenvalue weighted by atomic mass is 15.2. The summed E-state index contributed by atoms with van der Waals surface area (Å²) in [4.78, 5) is 5.60. The smallest absolute Gasteiger partial charge is 0.252 e. The predicted octanol–water partition coefficient (Wildman–Crippen LogP) is 32.8. The van der Waals surface area contributed by atoms with Crippen molar-refractivity contribution in [1.82, 2.24) is 9.13 Å². The molecule has 0 amide bonds. The maximum atomic E-state index is 2.80. The van der Waals surface area contributed by atoms with E-state index in [0.29, 0.717) is 0 Å². The molecule has 5 heteroatoms. The van der Waals surface area contributed by atoms with Crippen LogP contribution >= 0.6 is 0 Å². The number of benzene rings is 20. The molecule has 0 atom stereocenters. The topological polar surface area (TPSA) is 16.3 Å². The van der Waals surface area contributed by atoms with E-state index in [4.69, 9.17) is 0 Å². The first-order valence-corrected chi connectivity index (χ1v) is 46.6. The molecule has 0 N–H and O–H groups in total. The Labute approximate surface area is 758 Å². The fourth-order valence-electron chi connectivity index (χ4n) is 22.6. The second-order valence-corrected chi connectivity index (χ2v) is 43.7. The van der Waals surface area contributed by atoms with Crippen LogP contribution in [0.25, 0.3) is 175 Å². The lowest BCUT2D eigenvalue weighted by Crippen LogP contribution is -2.61. The van der Waals surface area contributed by atoms with E-state index in [2.05, 4.69) is 465 Å². The minimum atomic E-state index is -0.326. The van der Waals surface area contributed by atoms with Crippen molar-refractivity contribution in [3.05, 3.63) is 355 Å². The lowest BCUT2D eigenvalue weighted by atomic mass is 9.33. The third-order valence-electron chi connectivity index (χ3n) is 29.4. The van der Waals surface area contributed by atoms with Gasteiger partial charge in [-0.05, 0) is 265 Å². The van der Waals surface area contributed by atoms with E-state index in [-0.39, 0.29) is 39.2 Å². The first-order chi connectivity index (χ1) is 61.8. The van der Waals surface area contributed by atoms with Crippen molar-refractivity contribution < 1.29 is 0 Å². The summed E-state index contributed by atoms with van der Waals surface area (Å²) in [6, 6.07) is 128. The van der Waals surface area contributed by atoms with E-state index >= 15 is 0 Å². The number of hydrogen-bond acceptors (Lipinski definition) is 2. The van der Waals surface area contributed by atoms with Crippen LogP contribution in [-0.4, -0.2) is 15.8 Å². The monoisotopic (exact) mass is 1660 g/mol. The Hall–Kier alpha value is -13.7. The summed E-state index contributed by atoms with van der Waals surface area (Å²) in [5, 5.41) is 20.7. The van der Waals surface area contributed by atoms with Crippen molar-refractivity contribution in [2.75, 3.05) is 9.80 Å². The maximum absolute atomic E-state index is 2.80. The highest BCUT2D eigenvalue weighted by Gasteiger charge is 2.47. The lowest BCUT2D eigenvalue weighted by molar-refractivity contribution is 0.589. The quantitative estimate of drug-likeness (QED) is 0.0813. The van der Waals surface area contributed by atoms with Gasteiger partial charge in [0.2, 0.25) is 0 Å². The maximum Gasteiger partial charge on any atom is 0.252 e. The summed E-state index contributed by atoms with van der Waals surface area (Å²) >= 11 is 0. The number of aromatic nitrogens is 2. The molecule has 4 nitrogen and oxygen atoms in total. The summed E-state index contributed by atoms with van der Waals surface area (Å²) in [6.07, 6.45) is 0. The van der Waals surface area contributed by atoms with Gasteiger partial charge in [-0.1, -0.05) is 361 Å². The van der Waals surface area contributed by atoms with Crippen LogP contribution in [0.2, 0.25) is 0 Å². The fraction of sp³-hybridized carbons (Fsp3) is 0.194. The van der Waals surface area contributed by atoms with Gasteiger partial charge >= 0.3 is 0 Å². The van der Waals surface area contributed by atoms with Gasteiger partial charge in [0.25, 0.3) is 6.71 Å². The molecule has 0 aliphatic carbocycles. The zero-order chi connectivity index (χ0) is 88.5. The molecule has 4 heterocycles. The first-order valence-electron chi connectivity index (χ1n) is 46.6. The average Bonchev–Trinajstić information content (AvgIpc) is 1.27. The average molecular weight is 1660 g/mol. The van der Waals surface area contributed by atoms with Crippen molar-refractivity contribution in [3.63, 3.8) is 0 Å². The van der Waals surface area contributed by atoms with Gasteiger partial charge in [0.1, 0.15) is 0 Å². The van der Waals surface area contributed by atoms with Gasteiger partial charge in [0, 0.05) is 77.9 Å². The lowest BCUT2D eigenvalue weighted by Gasteiger charge is -2.46. The number of fused-ring (bicyclic) bond motifs is 6. The molecular formula is C124H107BN4. The number of hydrogen-bond donors (Lipinski definition) is 0. The normalized spacial score (nSPS) is 13.6. The summed E-state index contributed by atoms with van der Waals surface area (Å²) in [5.74, 6) is 0. The molecule has 2 aromatic heterocycles. The molecule has 0 bridgehead atoms. The molecule has 626 valence electrons. The number of nitrogens with zero attached hydrogens (tertiary/aromatic N) is 4. The van der Waals surface area contributed by atoms with Gasteiger partial charge in [-0.3, -0.25) is 0 Å². The van der Waals surface area contributed by atoms with Crippen molar-refractivity contribution in [1.29, 1.82) is 0 Å².